The SMILES string of the molecule is Cc1cc2occ(CC(=O)OCC(=O)N(C)CC(=O)NC(C)(C)C)c2cc1C. The second-order valence-electron chi connectivity index (χ2n) is 8.08. The zero-order chi connectivity index (χ0) is 21.1. The number of likely N-dealkylation sites (N-methyl/N-ethyl adjacent to an activating group) is 1. The van der Waals surface area contributed by atoms with Crippen LogP contribution < -0.4 is 5.32 Å². The number of nitrogens with zero attached hydrogens (tertiary/aromatic N) is 1. The van der Waals surface area contributed by atoms with Crippen LogP contribution in [-0.4, -0.2) is 48.4 Å². The van der Waals surface area contributed by atoms with Gasteiger partial charge in [-0.05, 0) is 57.9 Å². The van der Waals surface area contributed by atoms with Gasteiger partial charge in [-0.2, -0.15) is 0 Å². The van der Waals surface area contributed by atoms with Crippen molar-refractivity contribution in [1.82, 2.24) is 10.2 Å². The smallest absolute Gasteiger partial charge is 0.310 e. The second kappa shape index (κ2) is 8.46. The minimum atomic E-state index is -0.526. The predicted octanol–water partition coefficient (Wildman–Crippen LogP) is 2.51. The standard InChI is InChI=1S/C21H28N2O5/c1-13-7-16-15(11-27-17(16)8-14(13)2)9-20(26)28-12-19(25)23(6)10-18(24)22-21(3,4)5/h7-8,11H,9-10,12H2,1-6H3,(H,22,24). The Morgan fingerprint density at radius 1 is 1.14 bits per heavy atom. The fraction of sp³-hybridized carbons (Fsp3) is 0.476. The van der Waals surface area contributed by atoms with Crippen LogP contribution in [0.5, 0.6) is 0 Å². The number of hydrogen-bond acceptors (Lipinski definition) is 5. The van der Waals surface area contributed by atoms with E-state index in [2.05, 4.69) is 5.32 Å². The highest BCUT2D eigenvalue weighted by molar-refractivity contribution is 5.89. The summed E-state index contributed by atoms with van der Waals surface area (Å²) in [4.78, 5) is 37.3. The van der Waals surface area contributed by atoms with Gasteiger partial charge in [0.2, 0.25) is 5.91 Å². The van der Waals surface area contributed by atoms with Crippen molar-refractivity contribution >= 4 is 28.8 Å². The lowest BCUT2D eigenvalue weighted by Gasteiger charge is -2.23. The van der Waals surface area contributed by atoms with Crippen LogP contribution in [0.3, 0.4) is 0 Å². The van der Waals surface area contributed by atoms with Gasteiger partial charge in [0.1, 0.15) is 5.58 Å². The fourth-order valence-electron chi connectivity index (χ4n) is 2.69. The van der Waals surface area contributed by atoms with E-state index in [1.165, 1.54) is 18.2 Å². The average Bonchev–Trinajstić information content (AvgIpc) is 2.93. The number of carbonyl (C=O) groups excluding carboxylic acids is 3. The van der Waals surface area contributed by atoms with Crippen molar-refractivity contribution in [2.24, 2.45) is 0 Å². The van der Waals surface area contributed by atoms with E-state index < -0.39 is 18.5 Å². The van der Waals surface area contributed by atoms with Crippen LogP contribution >= 0.6 is 0 Å². The van der Waals surface area contributed by atoms with E-state index in [-0.39, 0.29) is 24.4 Å². The maximum absolute atomic E-state index is 12.1. The molecule has 0 fully saturated rings. The Labute approximate surface area is 165 Å². The van der Waals surface area contributed by atoms with Crippen molar-refractivity contribution in [3.8, 4) is 0 Å². The molecule has 1 heterocycles. The summed E-state index contributed by atoms with van der Waals surface area (Å²) in [6, 6.07) is 3.91. The second-order valence-corrected chi connectivity index (χ2v) is 8.08. The minimum absolute atomic E-state index is 0.0109. The number of furan rings is 1. The molecule has 1 aromatic carbocycles. The number of benzene rings is 1. The summed E-state index contributed by atoms with van der Waals surface area (Å²) < 4.78 is 10.6. The third-order valence-electron chi connectivity index (χ3n) is 4.28. The zero-order valence-electron chi connectivity index (χ0n) is 17.3. The Bertz CT molecular complexity index is 892. The quantitative estimate of drug-likeness (QED) is 0.768. The summed E-state index contributed by atoms with van der Waals surface area (Å²) in [7, 11) is 1.49. The molecule has 0 saturated heterocycles. The number of rotatable bonds is 6. The van der Waals surface area contributed by atoms with Gasteiger partial charge in [0.15, 0.2) is 6.61 Å². The molecule has 152 valence electrons. The summed E-state index contributed by atoms with van der Waals surface area (Å²) in [6.45, 7) is 9.05. The van der Waals surface area contributed by atoms with Crippen LogP contribution in [0.25, 0.3) is 11.0 Å². The molecule has 0 aliphatic rings. The van der Waals surface area contributed by atoms with Crippen molar-refractivity contribution in [2.45, 2.75) is 46.6 Å². The zero-order valence-corrected chi connectivity index (χ0v) is 17.3. The fourth-order valence-corrected chi connectivity index (χ4v) is 2.69. The highest BCUT2D eigenvalue weighted by atomic mass is 16.5. The van der Waals surface area contributed by atoms with Crippen molar-refractivity contribution < 1.29 is 23.5 Å². The molecule has 0 saturated carbocycles. The average molecular weight is 388 g/mol. The highest BCUT2D eigenvalue weighted by Crippen LogP contribution is 2.25. The third kappa shape index (κ3) is 5.84. The molecular formula is C21H28N2O5. The molecule has 0 aliphatic carbocycles. The molecule has 2 rings (SSSR count). The van der Waals surface area contributed by atoms with Crippen LogP contribution in [0, 0.1) is 13.8 Å². The largest absolute Gasteiger partial charge is 0.464 e. The van der Waals surface area contributed by atoms with Gasteiger partial charge in [-0.3, -0.25) is 14.4 Å². The summed E-state index contributed by atoms with van der Waals surface area (Å²) in [5.74, 6) is -1.24. The van der Waals surface area contributed by atoms with E-state index in [9.17, 15) is 14.4 Å². The number of nitrogens with one attached hydrogen (secondary N) is 1. The van der Waals surface area contributed by atoms with Crippen molar-refractivity contribution in [2.75, 3.05) is 20.2 Å². The maximum Gasteiger partial charge on any atom is 0.310 e. The van der Waals surface area contributed by atoms with E-state index >= 15 is 0 Å². The Balaban J connectivity index is 1.87. The Morgan fingerprint density at radius 2 is 1.79 bits per heavy atom. The number of carbonyl (C=O) groups is 3. The number of aryl methyl sites for hydroxylation is 2. The first kappa shape index (κ1) is 21.5. The van der Waals surface area contributed by atoms with E-state index in [1.807, 2.05) is 46.8 Å². The summed E-state index contributed by atoms with van der Waals surface area (Å²) >= 11 is 0. The lowest BCUT2D eigenvalue weighted by Crippen LogP contribution is -2.46. The van der Waals surface area contributed by atoms with Gasteiger partial charge in [0, 0.05) is 23.5 Å². The van der Waals surface area contributed by atoms with Crippen LogP contribution in [-0.2, 0) is 25.5 Å². The number of amides is 2. The molecule has 2 aromatic rings. The predicted molar refractivity (Wildman–Crippen MR) is 106 cm³/mol. The molecule has 0 bridgehead atoms. The van der Waals surface area contributed by atoms with Crippen molar-refractivity contribution in [3.63, 3.8) is 0 Å². The number of esters is 1. The van der Waals surface area contributed by atoms with Crippen LogP contribution in [0.1, 0.15) is 37.5 Å². The Hall–Kier alpha value is -2.83. The molecule has 0 radical (unpaired) electrons. The number of hydrogen-bond donors (Lipinski definition) is 1. The van der Waals surface area contributed by atoms with Gasteiger partial charge >= 0.3 is 5.97 Å². The molecule has 1 N–H and O–H groups in total. The maximum atomic E-state index is 12.1. The lowest BCUT2D eigenvalue weighted by atomic mass is 10.0. The van der Waals surface area contributed by atoms with Gasteiger partial charge in [-0.25, -0.2) is 0 Å². The minimum Gasteiger partial charge on any atom is -0.464 e. The molecule has 28 heavy (non-hydrogen) atoms. The number of ether oxygens (including phenoxy) is 1. The van der Waals surface area contributed by atoms with Gasteiger partial charge in [-0.15, -0.1) is 0 Å². The highest BCUT2D eigenvalue weighted by Gasteiger charge is 2.19. The van der Waals surface area contributed by atoms with E-state index in [4.69, 9.17) is 9.15 Å². The first-order chi connectivity index (χ1) is 13.0. The Kier molecular flexibility index (Phi) is 6.48. The molecule has 0 unspecified atom stereocenters. The number of fused-ring (bicyclic) bond motifs is 1. The monoisotopic (exact) mass is 388 g/mol. The lowest BCUT2D eigenvalue weighted by molar-refractivity contribution is -0.151. The van der Waals surface area contributed by atoms with Crippen LogP contribution in [0.15, 0.2) is 22.8 Å². The summed E-state index contributed by atoms with van der Waals surface area (Å²) in [5.41, 5.74) is 3.27. The van der Waals surface area contributed by atoms with E-state index in [0.717, 1.165) is 16.5 Å². The molecule has 0 spiro atoms. The van der Waals surface area contributed by atoms with Gasteiger partial charge in [-0.1, -0.05) is 0 Å². The van der Waals surface area contributed by atoms with Crippen LogP contribution in [0.2, 0.25) is 0 Å². The molecule has 7 nitrogen and oxygen atoms in total. The topological polar surface area (TPSA) is 88.8 Å². The van der Waals surface area contributed by atoms with Gasteiger partial charge < -0.3 is 19.4 Å². The normalized spacial score (nSPS) is 11.4. The van der Waals surface area contributed by atoms with Gasteiger partial charge in [0.05, 0.1) is 19.2 Å². The van der Waals surface area contributed by atoms with Crippen molar-refractivity contribution in [3.05, 3.63) is 35.1 Å². The molecule has 0 aliphatic heterocycles. The van der Waals surface area contributed by atoms with E-state index in [1.54, 1.807) is 0 Å². The van der Waals surface area contributed by atoms with Gasteiger partial charge in [0.25, 0.3) is 5.91 Å². The van der Waals surface area contributed by atoms with Crippen LogP contribution in [0.4, 0.5) is 0 Å². The first-order valence-corrected chi connectivity index (χ1v) is 9.14. The first-order valence-electron chi connectivity index (χ1n) is 9.14. The molecule has 2 amide bonds. The molecule has 1 aromatic heterocycles. The van der Waals surface area contributed by atoms with E-state index in [0.29, 0.717) is 11.1 Å². The summed E-state index contributed by atoms with van der Waals surface area (Å²) in [6.07, 6.45) is 1.55. The molecule has 0 atom stereocenters. The third-order valence-corrected chi connectivity index (χ3v) is 4.28. The van der Waals surface area contributed by atoms with Crippen molar-refractivity contribution in [1.29, 1.82) is 0 Å². The molecular weight excluding hydrogens is 360 g/mol. The Morgan fingerprint density at radius 3 is 2.43 bits per heavy atom. The summed E-state index contributed by atoms with van der Waals surface area (Å²) in [5, 5.41) is 3.64. The molecule has 7 heteroatoms.